The van der Waals surface area contributed by atoms with Gasteiger partial charge in [-0.3, -0.25) is 4.79 Å². The molecule has 1 aromatic heterocycles. The van der Waals surface area contributed by atoms with E-state index >= 15 is 0 Å². The molecule has 0 saturated carbocycles. The van der Waals surface area contributed by atoms with Gasteiger partial charge in [-0.25, -0.2) is 9.97 Å². The van der Waals surface area contributed by atoms with Crippen molar-refractivity contribution in [2.45, 2.75) is 46.6 Å². The third-order valence-corrected chi connectivity index (χ3v) is 3.70. The Balaban J connectivity index is 2.11. The lowest BCUT2D eigenvalue weighted by atomic mass is 10.00. The molecule has 1 saturated heterocycles. The fourth-order valence-corrected chi connectivity index (χ4v) is 2.38. The van der Waals surface area contributed by atoms with Crippen LogP contribution in [0.2, 0.25) is 0 Å². The number of piperidine rings is 1. The second kappa shape index (κ2) is 6.20. The normalized spacial score (nSPS) is 16.6. The smallest absolute Gasteiger partial charge is 0.254 e. The van der Waals surface area contributed by atoms with Crippen molar-refractivity contribution >= 4 is 11.9 Å². The molecule has 2 rings (SSSR count). The highest BCUT2D eigenvalue weighted by Crippen LogP contribution is 2.20. The van der Waals surface area contributed by atoms with Crippen molar-refractivity contribution in [2.24, 2.45) is 5.92 Å². The fourth-order valence-electron chi connectivity index (χ4n) is 2.38. The zero-order valence-electron chi connectivity index (χ0n) is 12.8. The van der Waals surface area contributed by atoms with Gasteiger partial charge in [0.1, 0.15) is 0 Å². The van der Waals surface area contributed by atoms with Crippen molar-refractivity contribution in [1.82, 2.24) is 15.3 Å². The van der Waals surface area contributed by atoms with E-state index in [9.17, 15) is 4.79 Å². The second-order valence-corrected chi connectivity index (χ2v) is 5.97. The molecule has 1 N–H and O–H groups in total. The SMILES string of the molecule is Cc1nc(N2CCC(C)CC2)ncc1C(=O)NC(C)C. The first-order valence-corrected chi connectivity index (χ1v) is 7.37. The molecule has 20 heavy (non-hydrogen) atoms. The van der Waals surface area contributed by atoms with Crippen molar-refractivity contribution in [3.63, 3.8) is 0 Å². The molecule has 1 aromatic rings. The molecule has 2 heterocycles. The summed E-state index contributed by atoms with van der Waals surface area (Å²) in [5, 5.41) is 2.87. The van der Waals surface area contributed by atoms with Gasteiger partial charge >= 0.3 is 0 Å². The van der Waals surface area contributed by atoms with Gasteiger partial charge in [0.25, 0.3) is 5.91 Å². The molecule has 5 heteroatoms. The van der Waals surface area contributed by atoms with Crippen LogP contribution in [-0.4, -0.2) is 35.0 Å². The zero-order chi connectivity index (χ0) is 14.7. The molecule has 0 aromatic carbocycles. The van der Waals surface area contributed by atoms with Crippen LogP contribution in [0.5, 0.6) is 0 Å². The minimum absolute atomic E-state index is 0.101. The molecule has 0 bridgehead atoms. The van der Waals surface area contributed by atoms with Gasteiger partial charge in [0, 0.05) is 25.3 Å². The number of hydrogen-bond acceptors (Lipinski definition) is 4. The first-order chi connectivity index (χ1) is 9.47. The summed E-state index contributed by atoms with van der Waals surface area (Å²) in [5.74, 6) is 1.43. The summed E-state index contributed by atoms with van der Waals surface area (Å²) in [6, 6.07) is 0.116. The minimum atomic E-state index is -0.101. The summed E-state index contributed by atoms with van der Waals surface area (Å²) in [6.45, 7) is 10.0. The molecule has 0 atom stereocenters. The monoisotopic (exact) mass is 276 g/mol. The fraction of sp³-hybridized carbons (Fsp3) is 0.667. The highest BCUT2D eigenvalue weighted by Gasteiger charge is 2.19. The Kier molecular flexibility index (Phi) is 4.57. The number of aromatic nitrogens is 2. The van der Waals surface area contributed by atoms with Crippen LogP contribution in [0.4, 0.5) is 5.95 Å². The molecular formula is C15H24N4O. The lowest BCUT2D eigenvalue weighted by molar-refractivity contribution is 0.0941. The van der Waals surface area contributed by atoms with Crippen LogP contribution in [0.15, 0.2) is 6.20 Å². The molecule has 1 amide bonds. The van der Waals surface area contributed by atoms with Crippen molar-refractivity contribution in [1.29, 1.82) is 0 Å². The Morgan fingerprint density at radius 3 is 2.60 bits per heavy atom. The molecule has 0 unspecified atom stereocenters. The molecule has 0 aliphatic carbocycles. The van der Waals surface area contributed by atoms with Gasteiger partial charge in [-0.2, -0.15) is 0 Å². The van der Waals surface area contributed by atoms with Crippen molar-refractivity contribution in [3.05, 3.63) is 17.5 Å². The molecule has 110 valence electrons. The van der Waals surface area contributed by atoms with Gasteiger partial charge in [-0.1, -0.05) is 6.92 Å². The van der Waals surface area contributed by atoms with E-state index < -0.39 is 0 Å². The van der Waals surface area contributed by atoms with E-state index in [0.29, 0.717) is 5.56 Å². The molecule has 0 spiro atoms. The average Bonchev–Trinajstić information content (AvgIpc) is 2.38. The molecule has 1 aliphatic rings. The Morgan fingerprint density at radius 2 is 2.05 bits per heavy atom. The quantitative estimate of drug-likeness (QED) is 0.919. The number of amides is 1. The highest BCUT2D eigenvalue weighted by molar-refractivity contribution is 5.95. The summed E-state index contributed by atoms with van der Waals surface area (Å²) < 4.78 is 0. The number of carbonyl (C=O) groups excluding carboxylic acids is 1. The van der Waals surface area contributed by atoms with Gasteiger partial charge in [0.15, 0.2) is 0 Å². The molecular weight excluding hydrogens is 252 g/mol. The largest absolute Gasteiger partial charge is 0.350 e. The molecule has 1 aliphatic heterocycles. The highest BCUT2D eigenvalue weighted by atomic mass is 16.1. The summed E-state index contributed by atoms with van der Waals surface area (Å²) in [4.78, 5) is 23.1. The third-order valence-electron chi connectivity index (χ3n) is 3.70. The van der Waals surface area contributed by atoms with E-state index in [0.717, 1.165) is 30.6 Å². The maximum atomic E-state index is 12.0. The number of nitrogens with one attached hydrogen (secondary N) is 1. The van der Waals surface area contributed by atoms with E-state index in [1.54, 1.807) is 6.20 Å². The first kappa shape index (κ1) is 14.8. The topological polar surface area (TPSA) is 58.1 Å². The molecule has 5 nitrogen and oxygen atoms in total. The van der Waals surface area contributed by atoms with Gasteiger partial charge in [0.2, 0.25) is 5.95 Å². The lowest BCUT2D eigenvalue weighted by Crippen LogP contribution is -2.35. The Morgan fingerprint density at radius 1 is 1.40 bits per heavy atom. The predicted molar refractivity (Wildman–Crippen MR) is 80.0 cm³/mol. The summed E-state index contributed by atoms with van der Waals surface area (Å²) in [5.41, 5.74) is 1.31. The van der Waals surface area contributed by atoms with E-state index in [4.69, 9.17) is 0 Å². The third kappa shape index (κ3) is 3.46. The van der Waals surface area contributed by atoms with Crippen molar-refractivity contribution < 1.29 is 4.79 Å². The number of aryl methyl sites for hydroxylation is 1. The lowest BCUT2D eigenvalue weighted by Gasteiger charge is -2.30. The Labute approximate surface area is 120 Å². The maximum Gasteiger partial charge on any atom is 0.254 e. The average molecular weight is 276 g/mol. The van der Waals surface area contributed by atoms with Crippen molar-refractivity contribution in [2.75, 3.05) is 18.0 Å². The van der Waals surface area contributed by atoms with E-state index in [1.807, 2.05) is 20.8 Å². The molecule has 1 fully saturated rings. The Hall–Kier alpha value is -1.65. The van der Waals surface area contributed by atoms with Gasteiger partial charge in [0.05, 0.1) is 11.3 Å². The van der Waals surface area contributed by atoms with Gasteiger partial charge in [-0.15, -0.1) is 0 Å². The van der Waals surface area contributed by atoms with Crippen LogP contribution < -0.4 is 10.2 Å². The summed E-state index contributed by atoms with van der Waals surface area (Å²) in [6.07, 6.45) is 4.00. The van der Waals surface area contributed by atoms with Gasteiger partial charge in [-0.05, 0) is 39.5 Å². The number of anilines is 1. The number of rotatable bonds is 3. The van der Waals surface area contributed by atoms with Crippen LogP contribution in [0, 0.1) is 12.8 Å². The summed E-state index contributed by atoms with van der Waals surface area (Å²) >= 11 is 0. The van der Waals surface area contributed by atoms with E-state index in [-0.39, 0.29) is 11.9 Å². The molecule has 0 radical (unpaired) electrons. The first-order valence-electron chi connectivity index (χ1n) is 7.37. The van der Waals surface area contributed by atoms with E-state index in [2.05, 4.69) is 27.1 Å². The predicted octanol–water partition coefficient (Wildman–Crippen LogP) is 2.16. The standard InChI is InChI=1S/C15H24N4O/c1-10(2)17-14(20)13-9-16-15(18-12(13)4)19-7-5-11(3)6-8-19/h9-11H,5-8H2,1-4H3,(H,17,20). The van der Waals surface area contributed by atoms with Gasteiger partial charge < -0.3 is 10.2 Å². The minimum Gasteiger partial charge on any atom is -0.350 e. The van der Waals surface area contributed by atoms with Crippen LogP contribution in [0.3, 0.4) is 0 Å². The maximum absolute atomic E-state index is 12.0. The Bertz CT molecular complexity index is 479. The van der Waals surface area contributed by atoms with Crippen LogP contribution in [0.25, 0.3) is 0 Å². The van der Waals surface area contributed by atoms with Crippen LogP contribution in [0.1, 0.15) is 49.7 Å². The van der Waals surface area contributed by atoms with E-state index in [1.165, 1.54) is 12.8 Å². The number of hydrogen-bond donors (Lipinski definition) is 1. The van der Waals surface area contributed by atoms with Crippen LogP contribution in [-0.2, 0) is 0 Å². The zero-order valence-corrected chi connectivity index (χ0v) is 12.8. The van der Waals surface area contributed by atoms with Crippen molar-refractivity contribution in [3.8, 4) is 0 Å². The summed E-state index contributed by atoms with van der Waals surface area (Å²) in [7, 11) is 0. The number of nitrogens with zero attached hydrogens (tertiary/aromatic N) is 3. The van der Waals surface area contributed by atoms with Crippen LogP contribution >= 0.6 is 0 Å². The number of carbonyl (C=O) groups is 1. The second-order valence-electron chi connectivity index (χ2n) is 5.97.